The molecule has 0 N–H and O–H groups in total. The lowest BCUT2D eigenvalue weighted by molar-refractivity contribution is 0.402. The lowest BCUT2D eigenvalue weighted by Crippen LogP contribution is -1.71. The van der Waals surface area contributed by atoms with Crippen molar-refractivity contribution in [3.63, 3.8) is 0 Å². The summed E-state index contributed by atoms with van der Waals surface area (Å²) < 4.78 is 4.39. The lowest BCUT2D eigenvalue weighted by atomic mass is 10.7. The molecular weight excluding hydrogens is 106 g/mol. The molecule has 40 valence electrons. The normalized spacial score (nSPS) is 8.50. The van der Waals surface area contributed by atoms with E-state index < -0.39 is 0 Å². The average molecular weight is 109 g/mol. The second-order valence-corrected chi connectivity index (χ2v) is 1.26. The van der Waals surface area contributed by atoms with Crippen molar-refractivity contribution in [3.8, 4) is 6.07 Å². The Hall–Kier alpha value is -1.37. The van der Waals surface area contributed by atoms with Crippen LogP contribution < -0.4 is 0 Å². The van der Waals surface area contributed by atoms with Gasteiger partial charge in [-0.15, -0.1) is 0 Å². The molecule has 1 rings (SSSR count). The highest BCUT2D eigenvalue weighted by atomic mass is 16.5. The molecule has 0 saturated heterocycles. The fourth-order valence-corrected chi connectivity index (χ4v) is 0.342. The van der Waals surface area contributed by atoms with Crippen LogP contribution in [0.15, 0.2) is 4.52 Å². The van der Waals surface area contributed by atoms with Gasteiger partial charge >= 0.3 is 5.89 Å². The zero-order valence-corrected chi connectivity index (χ0v) is 4.25. The Morgan fingerprint density at radius 1 is 1.75 bits per heavy atom. The SMILES string of the molecule is Cc1noc(C#N)n1. The Morgan fingerprint density at radius 2 is 2.50 bits per heavy atom. The molecule has 0 saturated carbocycles. The summed E-state index contributed by atoms with van der Waals surface area (Å²) >= 11 is 0. The van der Waals surface area contributed by atoms with Gasteiger partial charge in [0.1, 0.15) is 0 Å². The zero-order chi connectivity index (χ0) is 5.98. The van der Waals surface area contributed by atoms with Crippen LogP contribution in [0.5, 0.6) is 0 Å². The van der Waals surface area contributed by atoms with Gasteiger partial charge in [0.05, 0.1) is 0 Å². The average Bonchev–Trinajstić information content (AvgIpc) is 2.14. The van der Waals surface area contributed by atoms with Gasteiger partial charge < -0.3 is 4.52 Å². The highest BCUT2D eigenvalue weighted by Crippen LogP contribution is 1.90. The van der Waals surface area contributed by atoms with Crippen molar-refractivity contribution in [1.29, 1.82) is 5.26 Å². The summed E-state index contributed by atoms with van der Waals surface area (Å²) in [5, 5.41) is 11.5. The van der Waals surface area contributed by atoms with Crippen LogP contribution in [0.2, 0.25) is 0 Å². The van der Waals surface area contributed by atoms with Crippen LogP contribution in [0, 0.1) is 18.3 Å². The van der Waals surface area contributed by atoms with Gasteiger partial charge in [0.15, 0.2) is 11.9 Å². The molecule has 0 bridgehead atoms. The van der Waals surface area contributed by atoms with E-state index in [1.54, 1.807) is 13.0 Å². The van der Waals surface area contributed by atoms with E-state index in [4.69, 9.17) is 5.26 Å². The lowest BCUT2D eigenvalue weighted by Gasteiger charge is -1.61. The zero-order valence-electron chi connectivity index (χ0n) is 4.25. The Bertz CT molecular complexity index is 221. The van der Waals surface area contributed by atoms with Crippen molar-refractivity contribution in [3.05, 3.63) is 11.7 Å². The van der Waals surface area contributed by atoms with Crippen LogP contribution in [0.4, 0.5) is 0 Å². The summed E-state index contributed by atoms with van der Waals surface area (Å²) in [6, 6.07) is 1.71. The first-order valence-electron chi connectivity index (χ1n) is 2.03. The highest BCUT2D eigenvalue weighted by Gasteiger charge is 1.96. The van der Waals surface area contributed by atoms with Crippen molar-refractivity contribution in [2.75, 3.05) is 0 Å². The minimum atomic E-state index is 0.0162. The van der Waals surface area contributed by atoms with Gasteiger partial charge in [-0.1, -0.05) is 5.16 Å². The maximum absolute atomic E-state index is 8.10. The molecule has 8 heavy (non-hydrogen) atoms. The summed E-state index contributed by atoms with van der Waals surface area (Å²) in [7, 11) is 0. The van der Waals surface area contributed by atoms with E-state index in [1.807, 2.05) is 0 Å². The topological polar surface area (TPSA) is 62.7 Å². The number of hydrogen-bond acceptors (Lipinski definition) is 4. The van der Waals surface area contributed by atoms with E-state index in [9.17, 15) is 0 Å². The standard InChI is InChI=1S/C4H3N3O/c1-3-6-4(2-5)8-7-3/h1H3. The molecule has 0 aliphatic carbocycles. The summed E-state index contributed by atoms with van der Waals surface area (Å²) in [6.07, 6.45) is 0. The van der Waals surface area contributed by atoms with E-state index >= 15 is 0 Å². The van der Waals surface area contributed by atoms with Gasteiger partial charge in [0.2, 0.25) is 0 Å². The van der Waals surface area contributed by atoms with Crippen LogP contribution in [-0.2, 0) is 0 Å². The van der Waals surface area contributed by atoms with Crippen LogP contribution in [0.25, 0.3) is 0 Å². The maximum Gasteiger partial charge on any atom is 0.328 e. The second-order valence-electron chi connectivity index (χ2n) is 1.26. The molecule has 1 aromatic heterocycles. The van der Waals surface area contributed by atoms with Crippen molar-refractivity contribution >= 4 is 0 Å². The molecule has 0 radical (unpaired) electrons. The van der Waals surface area contributed by atoms with E-state index in [0.29, 0.717) is 5.82 Å². The van der Waals surface area contributed by atoms with Gasteiger partial charge in [0.25, 0.3) is 0 Å². The Labute approximate surface area is 45.7 Å². The van der Waals surface area contributed by atoms with E-state index in [2.05, 4.69) is 14.7 Å². The minimum Gasteiger partial charge on any atom is -0.323 e. The van der Waals surface area contributed by atoms with Crippen molar-refractivity contribution < 1.29 is 4.52 Å². The minimum absolute atomic E-state index is 0.0162. The van der Waals surface area contributed by atoms with E-state index in [0.717, 1.165) is 0 Å². The molecule has 0 atom stereocenters. The summed E-state index contributed by atoms with van der Waals surface area (Å²) in [4.78, 5) is 3.59. The van der Waals surface area contributed by atoms with Gasteiger partial charge in [-0.05, 0) is 6.92 Å². The second kappa shape index (κ2) is 1.62. The largest absolute Gasteiger partial charge is 0.328 e. The Balaban J connectivity index is 3.05. The van der Waals surface area contributed by atoms with Gasteiger partial charge in [0, 0.05) is 0 Å². The first kappa shape index (κ1) is 4.78. The number of aromatic nitrogens is 2. The molecule has 4 nitrogen and oxygen atoms in total. The summed E-state index contributed by atoms with van der Waals surface area (Å²) in [6.45, 7) is 1.66. The quantitative estimate of drug-likeness (QED) is 0.479. The van der Waals surface area contributed by atoms with Crippen LogP contribution >= 0.6 is 0 Å². The van der Waals surface area contributed by atoms with E-state index in [1.165, 1.54) is 0 Å². The smallest absolute Gasteiger partial charge is 0.323 e. The number of nitriles is 1. The highest BCUT2D eigenvalue weighted by molar-refractivity contribution is 5.03. The van der Waals surface area contributed by atoms with Crippen molar-refractivity contribution in [2.24, 2.45) is 0 Å². The fraction of sp³-hybridized carbons (Fsp3) is 0.250. The fourth-order valence-electron chi connectivity index (χ4n) is 0.342. The van der Waals surface area contributed by atoms with E-state index in [-0.39, 0.29) is 5.89 Å². The molecule has 0 amide bonds. The third kappa shape index (κ3) is 0.658. The number of hydrogen-bond donors (Lipinski definition) is 0. The van der Waals surface area contributed by atoms with Crippen molar-refractivity contribution in [2.45, 2.75) is 6.92 Å². The van der Waals surface area contributed by atoms with Crippen LogP contribution in [0.1, 0.15) is 11.7 Å². The van der Waals surface area contributed by atoms with Gasteiger partial charge in [-0.25, -0.2) is 0 Å². The molecule has 4 heteroatoms. The van der Waals surface area contributed by atoms with Crippen LogP contribution in [-0.4, -0.2) is 10.1 Å². The predicted octanol–water partition coefficient (Wildman–Crippen LogP) is 0.250. The molecule has 0 unspecified atom stereocenters. The molecule has 1 aromatic rings. The molecule has 0 spiro atoms. The number of nitrogens with zero attached hydrogens (tertiary/aromatic N) is 3. The summed E-state index contributed by atoms with van der Waals surface area (Å²) in [5.41, 5.74) is 0. The summed E-state index contributed by atoms with van der Waals surface area (Å²) in [5.74, 6) is 0.504. The molecule has 0 aliphatic heterocycles. The first-order valence-corrected chi connectivity index (χ1v) is 2.03. The molecule has 0 aliphatic rings. The van der Waals surface area contributed by atoms with Gasteiger partial charge in [-0.3, -0.25) is 0 Å². The third-order valence-corrected chi connectivity index (χ3v) is 0.623. The molecule has 0 aromatic carbocycles. The molecule has 1 heterocycles. The van der Waals surface area contributed by atoms with Gasteiger partial charge in [-0.2, -0.15) is 10.2 Å². The number of rotatable bonds is 0. The predicted molar refractivity (Wildman–Crippen MR) is 23.7 cm³/mol. The Morgan fingerprint density at radius 3 is 2.75 bits per heavy atom. The first-order chi connectivity index (χ1) is 3.83. The monoisotopic (exact) mass is 109 g/mol. The molecular formula is C4H3N3O. The maximum atomic E-state index is 8.10. The Kier molecular flexibility index (Phi) is 0.968. The molecule has 0 fully saturated rings. The third-order valence-electron chi connectivity index (χ3n) is 0.623. The van der Waals surface area contributed by atoms with Crippen molar-refractivity contribution in [1.82, 2.24) is 10.1 Å². The van der Waals surface area contributed by atoms with Crippen LogP contribution in [0.3, 0.4) is 0 Å². The number of aryl methyl sites for hydroxylation is 1.